The first-order chi connectivity index (χ1) is 10.7. The van der Waals surface area contributed by atoms with Gasteiger partial charge in [-0.25, -0.2) is 5.43 Å². The molecule has 1 aromatic carbocycles. The van der Waals surface area contributed by atoms with Crippen molar-refractivity contribution in [1.29, 1.82) is 0 Å². The molecule has 2 rings (SSSR count). The van der Waals surface area contributed by atoms with Gasteiger partial charge in [-0.3, -0.25) is 9.78 Å². The van der Waals surface area contributed by atoms with E-state index in [1.165, 1.54) is 0 Å². The van der Waals surface area contributed by atoms with E-state index in [0.29, 0.717) is 12.2 Å². The van der Waals surface area contributed by atoms with Gasteiger partial charge in [0.1, 0.15) is 5.75 Å². The number of hydrazone groups is 1. The second-order valence-electron chi connectivity index (χ2n) is 4.47. The fourth-order valence-corrected chi connectivity index (χ4v) is 2.07. The molecule has 22 heavy (non-hydrogen) atoms. The summed E-state index contributed by atoms with van der Waals surface area (Å²) in [6.07, 6.45) is 5.60. The molecule has 0 aliphatic heterocycles. The molecule has 0 atom stereocenters. The highest BCUT2D eigenvalue weighted by atomic mass is 79.9. The maximum Gasteiger partial charge on any atom is 0.271 e. The zero-order chi connectivity index (χ0) is 15.8. The molecule has 1 aromatic heterocycles. The van der Waals surface area contributed by atoms with Crippen LogP contribution in [0.15, 0.2) is 52.3 Å². The summed E-state index contributed by atoms with van der Waals surface area (Å²) in [5.74, 6) is 0.441. The molecule has 0 saturated carbocycles. The fraction of sp³-hybridized carbons (Fsp3) is 0.188. The predicted octanol–water partition coefficient (Wildman–Crippen LogP) is 3.40. The number of aromatic nitrogens is 1. The zero-order valence-corrected chi connectivity index (χ0v) is 13.7. The molecule has 0 bridgehead atoms. The van der Waals surface area contributed by atoms with Gasteiger partial charge in [-0.05, 0) is 36.8 Å². The highest BCUT2D eigenvalue weighted by molar-refractivity contribution is 9.10. The van der Waals surface area contributed by atoms with Crippen LogP contribution in [0.5, 0.6) is 5.75 Å². The highest BCUT2D eigenvalue weighted by Gasteiger charge is 2.04. The van der Waals surface area contributed by atoms with Gasteiger partial charge in [-0.1, -0.05) is 22.9 Å². The standard InChI is InChI=1S/C16H16BrN3O2/c1-2-9-22-15-4-3-14(17)10-13(15)11-19-20-16(21)12-5-7-18-8-6-12/h3-8,10-11H,2,9H2,1H3,(H,20,21)/b19-11-. The minimum Gasteiger partial charge on any atom is -0.493 e. The van der Waals surface area contributed by atoms with Gasteiger partial charge in [0.15, 0.2) is 0 Å². The van der Waals surface area contributed by atoms with Crippen LogP contribution in [0.4, 0.5) is 0 Å². The summed E-state index contributed by atoms with van der Waals surface area (Å²) in [4.78, 5) is 15.7. The predicted molar refractivity (Wildman–Crippen MR) is 89.2 cm³/mol. The minimum absolute atomic E-state index is 0.287. The molecule has 0 saturated heterocycles. The second-order valence-corrected chi connectivity index (χ2v) is 5.38. The van der Waals surface area contributed by atoms with Crippen molar-refractivity contribution < 1.29 is 9.53 Å². The van der Waals surface area contributed by atoms with Crippen LogP contribution >= 0.6 is 15.9 Å². The van der Waals surface area contributed by atoms with Gasteiger partial charge in [0.2, 0.25) is 0 Å². The topological polar surface area (TPSA) is 63.6 Å². The number of carbonyl (C=O) groups is 1. The van der Waals surface area contributed by atoms with Gasteiger partial charge >= 0.3 is 0 Å². The van der Waals surface area contributed by atoms with Crippen molar-refractivity contribution in [2.75, 3.05) is 6.61 Å². The van der Waals surface area contributed by atoms with Crippen molar-refractivity contribution >= 4 is 28.1 Å². The lowest BCUT2D eigenvalue weighted by Crippen LogP contribution is -2.17. The van der Waals surface area contributed by atoms with Gasteiger partial charge in [-0.2, -0.15) is 5.10 Å². The highest BCUT2D eigenvalue weighted by Crippen LogP contribution is 2.21. The number of hydrogen-bond acceptors (Lipinski definition) is 4. The van der Waals surface area contributed by atoms with Crippen molar-refractivity contribution in [1.82, 2.24) is 10.4 Å². The van der Waals surface area contributed by atoms with E-state index in [1.807, 2.05) is 25.1 Å². The van der Waals surface area contributed by atoms with E-state index >= 15 is 0 Å². The number of hydrogen-bond donors (Lipinski definition) is 1. The lowest BCUT2D eigenvalue weighted by molar-refractivity contribution is 0.0955. The fourth-order valence-electron chi connectivity index (χ4n) is 1.69. The number of rotatable bonds is 6. The van der Waals surface area contributed by atoms with Gasteiger partial charge in [-0.15, -0.1) is 0 Å². The molecule has 1 heterocycles. The molecule has 1 amide bonds. The Labute approximate surface area is 137 Å². The number of nitrogens with zero attached hydrogens (tertiary/aromatic N) is 2. The number of nitrogens with one attached hydrogen (secondary N) is 1. The molecule has 2 aromatic rings. The summed E-state index contributed by atoms with van der Waals surface area (Å²) < 4.78 is 6.57. The third-order valence-electron chi connectivity index (χ3n) is 2.75. The molecule has 6 heteroatoms. The maximum absolute atomic E-state index is 11.9. The Bertz CT molecular complexity index is 660. The maximum atomic E-state index is 11.9. The Hall–Kier alpha value is -2.21. The van der Waals surface area contributed by atoms with E-state index in [0.717, 1.165) is 22.2 Å². The molecule has 0 radical (unpaired) electrons. The van der Waals surface area contributed by atoms with E-state index in [1.54, 1.807) is 30.7 Å². The molecule has 0 unspecified atom stereocenters. The number of benzene rings is 1. The summed E-state index contributed by atoms with van der Waals surface area (Å²) in [5, 5.41) is 3.98. The Kier molecular flexibility index (Phi) is 6.09. The number of carbonyl (C=O) groups excluding carboxylic acids is 1. The van der Waals surface area contributed by atoms with Crippen molar-refractivity contribution in [2.45, 2.75) is 13.3 Å². The molecular weight excluding hydrogens is 346 g/mol. The van der Waals surface area contributed by atoms with Crippen LogP contribution in [0.1, 0.15) is 29.3 Å². The molecule has 0 aliphatic carbocycles. The Morgan fingerprint density at radius 1 is 1.36 bits per heavy atom. The average Bonchev–Trinajstić information content (AvgIpc) is 2.55. The zero-order valence-electron chi connectivity index (χ0n) is 12.1. The number of pyridine rings is 1. The summed E-state index contributed by atoms with van der Waals surface area (Å²) in [7, 11) is 0. The summed E-state index contributed by atoms with van der Waals surface area (Å²) >= 11 is 3.41. The first kappa shape index (κ1) is 16.2. The van der Waals surface area contributed by atoms with Crippen LogP contribution in [-0.2, 0) is 0 Å². The van der Waals surface area contributed by atoms with Crippen LogP contribution in [-0.4, -0.2) is 23.7 Å². The summed E-state index contributed by atoms with van der Waals surface area (Å²) in [6, 6.07) is 8.90. The Morgan fingerprint density at radius 3 is 2.86 bits per heavy atom. The molecule has 1 N–H and O–H groups in total. The van der Waals surface area contributed by atoms with Crippen LogP contribution in [0.25, 0.3) is 0 Å². The quantitative estimate of drug-likeness (QED) is 0.633. The molecule has 5 nitrogen and oxygen atoms in total. The van der Waals surface area contributed by atoms with Crippen LogP contribution < -0.4 is 10.2 Å². The lowest BCUT2D eigenvalue weighted by atomic mass is 10.2. The normalized spacial score (nSPS) is 10.6. The second kappa shape index (κ2) is 8.29. The van der Waals surface area contributed by atoms with E-state index < -0.39 is 0 Å². The van der Waals surface area contributed by atoms with E-state index in [-0.39, 0.29) is 5.91 Å². The van der Waals surface area contributed by atoms with Gasteiger partial charge < -0.3 is 4.74 Å². The van der Waals surface area contributed by atoms with Crippen molar-refractivity contribution in [3.63, 3.8) is 0 Å². The van der Waals surface area contributed by atoms with Gasteiger partial charge in [0.05, 0.1) is 12.8 Å². The molecule has 114 valence electrons. The number of amides is 1. The van der Waals surface area contributed by atoms with Crippen LogP contribution in [0.2, 0.25) is 0 Å². The molecule has 0 spiro atoms. The van der Waals surface area contributed by atoms with Gasteiger partial charge in [0, 0.05) is 28.0 Å². The Morgan fingerprint density at radius 2 is 2.14 bits per heavy atom. The van der Waals surface area contributed by atoms with E-state index in [9.17, 15) is 4.79 Å². The molecule has 0 fully saturated rings. The Balaban J connectivity index is 2.06. The average molecular weight is 362 g/mol. The largest absolute Gasteiger partial charge is 0.493 e. The third-order valence-corrected chi connectivity index (χ3v) is 3.24. The van der Waals surface area contributed by atoms with E-state index in [4.69, 9.17) is 4.74 Å². The molecular formula is C16H16BrN3O2. The number of ether oxygens (including phenoxy) is 1. The number of halogens is 1. The van der Waals surface area contributed by atoms with Gasteiger partial charge in [0.25, 0.3) is 5.91 Å². The SMILES string of the molecule is CCCOc1ccc(Br)cc1/C=N\NC(=O)c1ccncc1. The van der Waals surface area contributed by atoms with Crippen LogP contribution in [0, 0.1) is 0 Å². The summed E-state index contributed by atoms with van der Waals surface area (Å²) in [6.45, 7) is 2.67. The first-order valence-electron chi connectivity index (χ1n) is 6.86. The van der Waals surface area contributed by atoms with Crippen molar-refractivity contribution in [2.24, 2.45) is 5.10 Å². The lowest BCUT2D eigenvalue weighted by Gasteiger charge is -2.08. The molecule has 0 aliphatic rings. The van der Waals surface area contributed by atoms with Crippen molar-refractivity contribution in [3.8, 4) is 5.75 Å². The van der Waals surface area contributed by atoms with Crippen molar-refractivity contribution in [3.05, 3.63) is 58.3 Å². The monoisotopic (exact) mass is 361 g/mol. The third kappa shape index (κ3) is 4.66. The first-order valence-corrected chi connectivity index (χ1v) is 7.65. The minimum atomic E-state index is -0.287. The van der Waals surface area contributed by atoms with E-state index in [2.05, 4.69) is 31.4 Å². The van der Waals surface area contributed by atoms with Crippen LogP contribution in [0.3, 0.4) is 0 Å². The smallest absolute Gasteiger partial charge is 0.271 e. The summed E-state index contributed by atoms with van der Waals surface area (Å²) in [5.41, 5.74) is 3.78.